The Bertz CT molecular complexity index is 112. The Morgan fingerprint density at radius 1 is 1.33 bits per heavy atom. The first-order valence-corrected chi connectivity index (χ1v) is 6.43. The molecule has 0 aliphatic heterocycles. The van der Waals surface area contributed by atoms with Gasteiger partial charge in [0.2, 0.25) is 0 Å². The van der Waals surface area contributed by atoms with Crippen molar-refractivity contribution in [1.82, 2.24) is 0 Å². The zero-order valence-corrected chi connectivity index (χ0v) is 9.17. The quantitative estimate of drug-likeness (QED) is 0.582. The average Bonchev–Trinajstić information content (AvgIpc) is 2.14. The molecule has 0 aromatic rings. The molecular formula is C7H20N2O2Si. The lowest BCUT2D eigenvalue weighted by molar-refractivity contribution is 0.240. The van der Waals surface area contributed by atoms with Crippen LogP contribution in [0.5, 0.6) is 0 Å². The van der Waals surface area contributed by atoms with Crippen LogP contribution in [0, 0.1) is 0 Å². The third-order valence-electron chi connectivity index (χ3n) is 2.16. The summed E-state index contributed by atoms with van der Waals surface area (Å²) >= 11 is 0. The monoisotopic (exact) mass is 192 g/mol. The lowest BCUT2D eigenvalue weighted by Gasteiger charge is -2.28. The van der Waals surface area contributed by atoms with Crippen LogP contribution in [-0.4, -0.2) is 35.4 Å². The fraction of sp³-hybridized carbons (Fsp3) is 1.00. The molecule has 1 atom stereocenters. The zero-order valence-electron chi connectivity index (χ0n) is 8.17. The predicted molar refractivity (Wildman–Crippen MR) is 52.1 cm³/mol. The van der Waals surface area contributed by atoms with Crippen molar-refractivity contribution in [3.05, 3.63) is 0 Å². The molecule has 0 spiro atoms. The highest BCUT2D eigenvalue weighted by Gasteiger charge is 2.34. The fourth-order valence-electron chi connectivity index (χ4n) is 1.17. The van der Waals surface area contributed by atoms with Gasteiger partial charge in [-0.3, -0.25) is 0 Å². The zero-order chi connectivity index (χ0) is 9.61. The van der Waals surface area contributed by atoms with Gasteiger partial charge in [0, 0.05) is 32.9 Å². The molecule has 0 heterocycles. The van der Waals surface area contributed by atoms with Gasteiger partial charge in [0.25, 0.3) is 0 Å². The largest absolute Gasteiger partial charge is 0.398 e. The maximum absolute atomic E-state index is 5.74. The summed E-state index contributed by atoms with van der Waals surface area (Å²) in [6.45, 7) is 2.55. The van der Waals surface area contributed by atoms with Gasteiger partial charge in [-0.25, -0.2) is 0 Å². The van der Waals surface area contributed by atoms with Crippen molar-refractivity contribution in [2.75, 3.05) is 20.8 Å². The van der Waals surface area contributed by atoms with Crippen molar-refractivity contribution < 1.29 is 8.85 Å². The predicted octanol–water partition coefficient (Wildman–Crippen LogP) is 0.0273. The van der Waals surface area contributed by atoms with Gasteiger partial charge >= 0.3 is 8.56 Å². The summed E-state index contributed by atoms with van der Waals surface area (Å²) in [6.07, 6.45) is 0. The topological polar surface area (TPSA) is 70.5 Å². The second-order valence-electron chi connectivity index (χ2n) is 2.87. The van der Waals surface area contributed by atoms with Crippen molar-refractivity contribution in [2.24, 2.45) is 11.5 Å². The molecule has 0 aromatic carbocycles. The van der Waals surface area contributed by atoms with E-state index in [4.69, 9.17) is 20.3 Å². The van der Waals surface area contributed by atoms with Gasteiger partial charge in [-0.2, -0.15) is 0 Å². The van der Waals surface area contributed by atoms with Crippen LogP contribution >= 0.6 is 0 Å². The van der Waals surface area contributed by atoms with Gasteiger partial charge in [-0.1, -0.05) is 6.92 Å². The Kier molecular flexibility index (Phi) is 5.69. The molecule has 0 saturated carbocycles. The highest BCUT2D eigenvalue weighted by atomic mass is 28.4. The number of nitrogens with two attached hydrogens (primary N) is 2. The molecule has 0 bridgehead atoms. The number of hydrogen-bond acceptors (Lipinski definition) is 4. The van der Waals surface area contributed by atoms with Gasteiger partial charge in [0.1, 0.15) is 0 Å². The van der Waals surface area contributed by atoms with E-state index in [9.17, 15) is 0 Å². The molecule has 0 aliphatic carbocycles. The smallest absolute Gasteiger partial charge is 0.338 e. The van der Waals surface area contributed by atoms with E-state index in [0.29, 0.717) is 6.54 Å². The molecular weight excluding hydrogens is 172 g/mol. The van der Waals surface area contributed by atoms with Crippen LogP contribution in [0.25, 0.3) is 0 Å². The van der Waals surface area contributed by atoms with E-state index in [2.05, 4.69) is 6.92 Å². The van der Waals surface area contributed by atoms with Crippen LogP contribution in [0.1, 0.15) is 6.92 Å². The molecule has 12 heavy (non-hydrogen) atoms. The molecule has 0 aliphatic rings. The van der Waals surface area contributed by atoms with Gasteiger partial charge in [0.15, 0.2) is 0 Å². The minimum Gasteiger partial charge on any atom is -0.398 e. The summed E-state index contributed by atoms with van der Waals surface area (Å²) in [6, 6.07) is 1.68. The van der Waals surface area contributed by atoms with E-state index < -0.39 is 8.56 Å². The van der Waals surface area contributed by atoms with Crippen molar-refractivity contribution >= 4 is 8.56 Å². The first-order valence-electron chi connectivity index (χ1n) is 4.20. The molecule has 1 unspecified atom stereocenters. The first kappa shape index (κ1) is 12.1. The van der Waals surface area contributed by atoms with Crippen molar-refractivity contribution in [3.8, 4) is 0 Å². The van der Waals surface area contributed by atoms with E-state index >= 15 is 0 Å². The van der Waals surface area contributed by atoms with Gasteiger partial charge in [0.05, 0.1) is 0 Å². The molecule has 0 saturated heterocycles. The molecule has 5 heteroatoms. The molecule has 0 radical (unpaired) electrons. The van der Waals surface area contributed by atoms with Crippen molar-refractivity contribution in [3.63, 3.8) is 0 Å². The van der Waals surface area contributed by atoms with E-state index in [0.717, 1.165) is 12.1 Å². The number of hydrogen-bond donors (Lipinski definition) is 2. The Hall–Kier alpha value is 0.0569. The van der Waals surface area contributed by atoms with Gasteiger partial charge in [-0.15, -0.1) is 0 Å². The van der Waals surface area contributed by atoms with Crippen LogP contribution < -0.4 is 11.5 Å². The third-order valence-corrected chi connectivity index (χ3v) is 5.87. The Morgan fingerprint density at radius 3 is 2.08 bits per heavy atom. The fourth-order valence-corrected chi connectivity index (χ4v) is 3.50. The van der Waals surface area contributed by atoms with Gasteiger partial charge in [-0.05, 0) is 6.04 Å². The van der Waals surface area contributed by atoms with Crippen LogP contribution in [0.15, 0.2) is 0 Å². The lowest BCUT2D eigenvalue weighted by atomic mass is 10.4. The van der Waals surface area contributed by atoms with Gasteiger partial charge < -0.3 is 20.3 Å². The summed E-state index contributed by atoms with van der Waals surface area (Å²) in [5, 5.41) is 0. The lowest BCUT2D eigenvalue weighted by Crippen LogP contribution is -2.46. The van der Waals surface area contributed by atoms with Crippen LogP contribution in [0.4, 0.5) is 0 Å². The van der Waals surface area contributed by atoms with Crippen molar-refractivity contribution in [1.29, 1.82) is 0 Å². The van der Waals surface area contributed by atoms with Crippen molar-refractivity contribution in [2.45, 2.75) is 25.1 Å². The average molecular weight is 192 g/mol. The molecule has 4 nitrogen and oxygen atoms in total. The highest BCUT2D eigenvalue weighted by Crippen LogP contribution is 2.17. The van der Waals surface area contributed by atoms with E-state index in [1.165, 1.54) is 0 Å². The molecule has 0 rings (SSSR count). The summed E-state index contributed by atoms with van der Waals surface area (Å²) in [7, 11) is 1.36. The SMILES string of the molecule is CC[Si](CC(N)CN)(OC)OC. The minimum atomic E-state index is -2.01. The van der Waals surface area contributed by atoms with Crippen LogP contribution in [-0.2, 0) is 8.85 Å². The Morgan fingerprint density at radius 2 is 1.83 bits per heavy atom. The molecule has 74 valence electrons. The maximum atomic E-state index is 5.74. The second kappa shape index (κ2) is 5.66. The van der Waals surface area contributed by atoms with E-state index in [1.807, 2.05) is 0 Å². The Labute approximate surface area is 75.5 Å². The minimum absolute atomic E-state index is 0.00323. The third kappa shape index (κ3) is 3.20. The van der Waals surface area contributed by atoms with E-state index in [-0.39, 0.29) is 6.04 Å². The summed E-state index contributed by atoms with van der Waals surface area (Å²) in [5.41, 5.74) is 11.2. The maximum Gasteiger partial charge on any atom is 0.338 e. The molecule has 0 fully saturated rings. The summed E-state index contributed by atoms with van der Waals surface area (Å²) in [4.78, 5) is 0. The van der Waals surface area contributed by atoms with E-state index in [1.54, 1.807) is 14.2 Å². The number of rotatable bonds is 6. The standard InChI is InChI=1S/C7H20N2O2Si/c1-4-12(10-2,11-3)6-7(9)5-8/h7H,4-6,8-9H2,1-3H3. The Balaban J connectivity index is 4.09. The molecule has 0 amide bonds. The highest BCUT2D eigenvalue weighted by molar-refractivity contribution is 6.67. The second-order valence-corrected chi connectivity index (χ2v) is 6.63. The summed E-state index contributed by atoms with van der Waals surface area (Å²) < 4.78 is 10.8. The molecule has 0 aromatic heterocycles. The molecule has 4 N–H and O–H groups in total. The van der Waals surface area contributed by atoms with Crippen LogP contribution in [0.3, 0.4) is 0 Å². The summed E-state index contributed by atoms with van der Waals surface area (Å²) in [5.74, 6) is 0. The first-order chi connectivity index (χ1) is 5.64. The van der Waals surface area contributed by atoms with Crippen LogP contribution in [0.2, 0.25) is 12.1 Å². The normalized spacial score (nSPS) is 14.8.